The van der Waals surface area contributed by atoms with Crippen molar-refractivity contribution in [2.24, 2.45) is 0 Å². The summed E-state index contributed by atoms with van der Waals surface area (Å²) in [6, 6.07) is 3.60. The first-order chi connectivity index (χ1) is 9.11. The van der Waals surface area contributed by atoms with Crippen molar-refractivity contribution < 1.29 is 18.8 Å². The number of ether oxygens (including phenoxy) is 2. The number of hydrogen-bond donors (Lipinski definition) is 0. The minimum atomic E-state index is -0.614. The van der Waals surface area contributed by atoms with Crippen LogP contribution in [0.4, 0.5) is 15.8 Å². The minimum absolute atomic E-state index is 0.136. The molecule has 1 saturated heterocycles. The number of nitrogens with zero attached hydrogens (tertiary/aromatic N) is 2. The van der Waals surface area contributed by atoms with E-state index in [4.69, 9.17) is 9.47 Å². The fraction of sp³-hybridized carbons (Fsp3) is 0.500. The molecular formula is C12H15FN2O4. The Morgan fingerprint density at radius 3 is 3.11 bits per heavy atom. The third-order valence-electron chi connectivity index (χ3n) is 2.97. The van der Waals surface area contributed by atoms with Crippen LogP contribution in [0.1, 0.15) is 0 Å². The fourth-order valence-corrected chi connectivity index (χ4v) is 2.14. The fourth-order valence-electron chi connectivity index (χ4n) is 2.14. The highest BCUT2D eigenvalue weighted by Crippen LogP contribution is 2.30. The van der Waals surface area contributed by atoms with Gasteiger partial charge in [0.1, 0.15) is 11.5 Å². The minimum Gasteiger partial charge on any atom is -0.382 e. The van der Waals surface area contributed by atoms with Gasteiger partial charge in [0.15, 0.2) is 0 Å². The zero-order chi connectivity index (χ0) is 13.8. The standard InChI is InChI=1S/C12H15FN2O4/c1-18-8-10-7-14(4-5-19-10)11-3-2-9(13)6-12(11)15(16)17/h2-3,6,10H,4-5,7-8H2,1H3/t10-/m1/s1. The van der Waals surface area contributed by atoms with Crippen LogP contribution in [0.5, 0.6) is 0 Å². The highest BCUT2D eigenvalue weighted by Gasteiger charge is 2.26. The van der Waals surface area contributed by atoms with Crippen LogP contribution in [-0.2, 0) is 9.47 Å². The van der Waals surface area contributed by atoms with Gasteiger partial charge in [-0.1, -0.05) is 0 Å². The third kappa shape index (κ3) is 3.18. The summed E-state index contributed by atoms with van der Waals surface area (Å²) < 4.78 is 23.6. The molecule has 0 radical (unpaired) electrons. The third-order valence-corrected chi connectivity index (χ3v) is 2.97. The molecule has 0 aromatic heterocycles. The first kappa shape index (κ1) is 13.7. The van der Waals surface area contributed by atoms with Gasteiger partial charge in [0.25, 0.3) is 5.69 Å². The van der Waals surface area contributed by atoms with E-state index < -0.39 is 10.7 Å². The van der Waals surface area contributed by atoms with Crippen molar-refractivity contribution in [2.75, 3.05) is 38.3 Å². The molecule has 0 spiro atoms. The maximum absolute atomic E-state index is 13.1. The molecule has 0 bridgehead atoms. The van der Waals surface area contributed by atoms with Gasteiger partial charge in [0, 0.05) is 20.2 Å². The topological polar surface area (TPSA) is 64.8 Å². The van der Waals surface area contributed by atoms with Crippen molar-refractivity contribution in [3.8, 4) is 0 Å². The lowest BCUT2D eigenvalue weighted by Crippen LogP contribution is -2.44. The highest BCUT2D eigenvalue weighted by atomic mass is 19.1. The van der Waals surface area contributed by atoms with Crippen LogP contribution >= 0.6 is 0 Å². The number of morpholine rings is 1. The number of hydrogen-bond acceptors (Lipinski definition) is 5. The normalized spacial score (nSPS) is 19.5. The van der Waals surface area contributed by atoms with Gasteiger partial charge in [0.05, 0.1) is 30.3 Å². The zero-order valence-corrected chi connectivity index (χ0v) is 10.5. The first-order valence-corrected chi connectivity index (χ1v) is 5.91. The SMILES string of the molecule is COC[C@H]1CN(c2ccc(F)cc2[N+](=O)[O-])CCO1. The van der Waals surface area contributed by atoms with E-state index in [1.165, 1.54) is 12.1 Å². The molecule has 1 aliphatic rings. The van der Waals surface area contributed by atoms with E-state index in [1.807, 2.05) is 4.90 Å². The van der Waals surface area contributed by atoms with E-state index >= 15 is 0 Å². The summed E-state index contributed by atoms with van der Waals surface area (Å²) >= 11 is 0. The molecule has 0 aliphatic carbocycles. The van der Waals surface area contributed by atoms with Gasteiger partial charge >= 0.3 is 0 Å². The summed E-state index contributed by atoms with van der Waals surface area (Å²) in [7, 11) is 1.57. The molecule has 7 heteroatoms. The van der Waals surface area contributed by atoms with Crippen LogP contribution in [0.25, 0.3) is 0 Å². The van der Waals surface area contributed by atoms with Gasteiger partial charge in [0.2, 0.25) is 0 Å². The Morgan fingerprint density at radius 2 is 2.42 bits per heavy atom. The van der Waals surface area contributed by atoms with E-state index in [1.54, 1.807) is 7.11 Å². The number of benzene rings is 1. The van der Waals surface area contributed by atoms with Crippen molar-refractivity contribution in [1.82, 2.24) is 0 Å². The first-order valence-electron chi connectivity index (χ1n) is 5.91. The average molecular weight is 270 g/mol. The maximum Gasteiger partial charge on any atom is 0.295 e. The lowest BCUT2D eigenvalue weighted by Gasteiger charge is -2.33. The number of nitro groups is 1. The smallest absolute Gasteiger partial charge is 0.295 e. The van der Waals surface area contributed by atoms with Gasteiger partial charge in [-0.3, -0.25) is 10.1 Å². The maximum atomic E-state index is 13.1. The van der Waals surface area contributed by atoms with Crippen molar-refractivity contribution in [2.45, 2.75) is 6.10 Å². The van der Waals surface area contributed by atoms with Crippen LogP contribution in [0.2, 0.25) is 0 Å². The summed E-state index contributed by atoms with van der Waals surface area (Å²) in [6.07, 6.45) is -0.136. The predicted octanol–water partition coefficient (Wildman–Crippen LogP) is 1.59. The Kier molecular flexibility index (Phi) is 4.28. The molecular weight excluding hydrogens is 255 g/mol. The van der Waals surface area contributed by atoms with Gasteiger partial charge < -0.3 is 14.4 Å². The lowest BCUT2D eigenvalue weighted by atomic mass is 10.2. The molecule has 19 heavy (non-hydrogen) atoms. The van der Waals surface area contributed by atoms with Crippen LogP contribution in [0.3, 0.4) is 0 Å². The molecule has 104 valence electrons. The molecule has 0 saturated carbocycles. The van der Waals surface area contributed by atoms with Crippen molar-refractivity contribution in [3.63, 3.8) is 0 Å². The number of nitro benzene ring substituents is 1. The molecule has 1 aromatic rings. The predicted molar refractivity (Wildman–Crippen MR) is 66.9 cm³/mol. The Hall–Kier alpha value is -1.73. The van der Waals surface area contributed by atoms with E-state index in [2.05, 4.69) is 0 Å². The molecule has 0 N–H and O–H groups in total. The monoisotopic (exact) mass is 270 g/mol. The van der Waals surface area contributed by atoms with E-state index in [-0.39, 0.29) is 11.8 Å². The number of rotatable bonds is 4. The molecule has 1 fully saturated rings. The Balaban J connectivity index is 2.23. The van der Waals surface area contributed by atoms with Gasteiger partial charge in [-0.05, 0) is 12.1 Å². The largest absolute Gasteiger partial charge is 0.382 e. The molecule has 1 aromatic carbocycles. The molecule has 0 unspecified atom stereocenters. The summed E-state index contributed by atoms with van der Waals surface area (Å²) in [4.78, 5) is 12.2. The van der Waals surface area contributed by atoms with Crippen LogP contribution < -0.4 is 4.90 Å². The number of halogens is 1. The van der Waals surface area contributed by atoms with Crippen LogP contribution in [0, 0.1) is 15.9 Å². The van der Waals surface area contributed by atoms with Crippen LogP contribution in [0.15, 0.2) is 18.2 Å². The highest BCUT2D eigenvalue weighted by molar-refractivity contribution is 5.63. The second-order valence-electron chi connectivity index (χ2n) is 4.28. The molecule has 1 aliphatic heterocycles. The second-order valence-corrected chi connectivity index (χ2v) is 4.28. The molecule has 2 rings (SSSR count). The summed E-state index contributed by atoms with van der Waals surface area (Å²) in [6.45, 7) is 1.90. The van der Waals surface area contributed by atoms with Crippen molar-refractivity contribution in [1.29, 1.82) is 0 Å². The van der Waals surface area contributed by atoms with E-state index in [0.717, 1.165) is 6.07 Å². The molecule has 0 amide bonds. The zero-order valence-electron chi connectivity index (χ0n) is 10.5. The van der Waals surface area contributed by atoms with E-state index in [0.29, 0.717) is 32.0 Å². The molecule has 1 heterocycles. The Bertz CT molecular complexity index is 467. The number of anilines is 1. The summed E-state index contributed by atoms with van der Waals surface area (Å²) in [5, 5.41) is 11.0. The van der Waals surface area contributed by atoms with E-state index in [9.17, 15) is 14.5 Å². The Morgan fingerprint density at radius 1 is 1.63 bits per heavy atom. The van der Waals surface area contributed by atoms with Gasteiger partial charge in [-0.2, -0.15) is 0 Å². The second kappa shape index (κ2) is 5.94. The lowest BCUT2D eigenvalue weighted by molar-refractivity contribution is -0.384. The summed E-state index contributed by atoms with van der Waals surface area (Å²) in [5.41, 5.74) is 0.189. The molecule has 6 nitrogen and oxygen atoms in total. The summed E-state index contributed by atoms with van der Waals surface area (Å²) in [5.74, 6) is -0.614. The quantitative estimate of drug-likeness (QED) is 0.614. The van der Waals surface area contributed by atoms with Gasteiger partial charge in [-0.25, -0.2) is 4.39 Å². The Labute approximate surface area is 109 Å². The average Bonchev–Trinajstić information content (AvgIpc) is 2.39. The number of methoxy groups -OCH3 is 1. The van der Waals surface area contributed by atoms with Crippen molar-refractivity contribution >= 4 is 11.4 Å². The van der Waals surface area contributed by atoms with Crippen molar-refractivity contribution in [3.05, 3.63) is 34.1 Å². The molecule has 1 atom stereocenters. The van der Waals surface area contributed by atoms with Gasteiger partial charge in [-0.15, -0.1) is 0 Å². The van der Waals surface area contributed by atoms with Crippen LogP contribution in [-0.4, -0.2) is 44.4 Å².